The molecule has 41 heteroatoms. The van der Waals surface area contributed by atoms with Crippen LogP contribution >= 0.6 is 46.4 Å². The van der Waals surface area contributed by atoms with Crippen molar-refractivity contribution in [2.45, 2.75) is 172 Å². The lowest BCUT2D eigenvalue weighted by Gasteiger charge is -2.20. The van der Waals surface area contributed by atoms with Crippen LogP contribution in [0.5, 0.6) is 23.0 Å². The Hall–Kier alpha value is -14.4. The highest BCUT2D eigenvalue weighted by Crippen LogP contribution is 2.41. The fourth-order valence-corrected chi connectivity index (χ4v) is 16.2. The Morgan fingerprint density at radius 2 is 0.638 bits per heavy atom. The summed E-state index contributed by atoms with van der Waals surface area (Å²) in [6.45, 7) is 18.7. The SMILES string of the molecule is [2H][C@@](C)(NC(=O)CC(F)F)c1cc(F)cc(Cl)c1COc1cccc2c(-n3ncnc3C)cc(C)nc12.[2H][C@@](C)(NC(=O)[C@@H](C)F)c1cc(F)cc(Cl)c1COc1cccc2c(-c3ncnn3C)cc(C)nc12.[2H][C@@](C)(NC(=O)[C@H](C)F)c1cc(F)cc(Cl)c1COc1cccc2c(-c3ncnn3C)cc(C)nc12.[2H][C@@](C)(NC(=O)[C@H](C)F)c1cc(F)cc(Cl)c1COc1cccc2c(-n3ncnc3C)cc(C)nc12. The second-order valence-corrected chi connectivity index (χ2v) is 34.0. The number of benzene rings is 8. The molecule has 4 N–H and O–H groups in total. The van der Waals surface area contributed by atoms with Gasteiger partial charge in [-0.25, -0.2) is 98.1 Å². The van der Waals surface area contributed by atoms with Crippen molar-refractivity contribution in [3.05, 3.63) is 293 Å². The van der Waals surface area contributed by atoms with Crippen LogP contribution in [-0.2, 0) is 59.7 Å². The first-order valence-electron chi connectivity index (χ1n) is 45.4. The van der Waals surface area contributed by atoms with Crippen molar-refractivity contribution in [3.63, 3.8) is 0 Å². The number of carbonyl (C=O) groups excluding carboxylic acids is 4. The van der Waals surface area contributed by atoms with Gasteiger partial charge in [-0.15, -0.1) is 0 Å². The largest absolute Gasteiger partial charge is 0.487 e. The van der Waals surface area contributed by atoms with Crippen molar-refractivity contribution < 1.29 is 83.1 Å². The van der Waals surface area contributed by atoms with E-state index in [-0.39, 0.29) is 91.0 Å². The predicted octanol–water partition coefficient (Wildman–Crippen LogP) is 21.5. The van der Waals surface area contributed by atoms with Crippen LogP contribution in [0.2, 0.25) is 20.1 Å². The van der Waals surface area contributed by atoms with E-state index < -0.39 is 102 Å². The molecule has 0 saturated heterocycles. The van der Waals surface area contributed by atoms with Gasteiger partial charge < -0.3 is 40.2 Å². The average molecular weight is 2020 g/mol. The van der Waals surface area contributed by atoms with Gasteiger partial charge in [0.1, 0.15) is 132 Å². The molecule has 0 saturated carbocycles. The van der Waals surface area contributed by atoms with E-state index in [2.05, 4.69) is 81.5 Å². The van der Waals surface area contributed by atoms with Crippen LogP contribution in [0.25, 0.3) is 77.8 Å². The van der Waals surface area contributed by atoms with Gasteiger partial charge in [-0.1, -0.05) is 94.9 Å². The first kappa shape index (κ1) is 98.2. The molecule has 16 aromatic rings. The maximum absolute atomic E-state index is 14.2. The second kappa shape index (κ2) is 45.7. The van der Waals surface area contributed by atoms with Gasteiger partial charge in [-0.3, -0.25) is 19.2 Å². The number of hydrogen-bond acceptors (Lipinski definition) is 20. The summed E-state index contributed by atoms with van der Waals surface area (Å²) in [5.74, 6) is -2.50. The van der Waals surface area contributed by atoms with E-state index in [1.165, 1.54) is 53.0 Å². The number of nitrogens with one attached hydrogen (secondary N) is 4. The first-order chi connectivity index (χ1) is 68.4. The number of hydrogen-bond donors (Lipinski definition) is 4. The van der Waals surface area contributed by atoms with Gasteiger partial charge in [-0.2, -0.15) is 20.4 Å². The molecule has 16 rings (SSSR count). The van der Waals surface area contributed by atoms with Gasteiger partial charge in [0.05, 0.1) is 67.4 Å². The maximum Gasteiger partial charge on any atom is 0.254 e. The molecule has 734 valence electrons. The molecule has 4 amide bonds. The van der Waals surface area contributed by atoms with Gasteiger partial charge >= 0.3 is 0 Å². The number of rotatable bonds is 29. The van der Waals surface area contributed by atoms with Crippen molar-refractivity contribution in [2.75, 3.05) is 0 Å². The Bertz CT molecular complexity index is 7090. The molecular formula is C100H95Cl4F9N20O8. The lowest BCUT2D eigenvalue weighted by atomic mass is 10.0. The molecule has 0 unspecified atom stereocenters. The van der Waals surface area contributed by atoms with Crippen LogP contribution in [0.4, 0.5) is 39.5 Å². The minimum absolute atomic E-state index is 0.00864. The number of aryl methyl sites for hydroxylation is 8. The minimum atomic E-state index is -2.89. The number of nitrogens with zero attached hydrogens (tertiary/aromatic N) is 16. The fraction of sp³-hybridized carbons (Fsp3) is 0.280. The zero-order chi connectivity index (χ0) is 105. The normalized spacial score (nSPS) is 14.1. The summed E-state index contributed by atoms with van der Waals surface area (Å²) in [6, 6.07) is 30.2. The van der Waals surface area contributed by atoms with Crippen LogP contribution in [0.3, 0.4) is 0 Å². The van der Waals surface area contributed by atoms with Gasteiger partial charge in [0.25, 0.3) is 17.7 Å². The summed E-state index contributed by atoms with van der Waals surface area (Å²) in [4.78, 5) is 83.4. The van der Waals surface area contributed by atoms with E-state index in [0.29, 0.717) is 74.1 Å². The fourth-order valence-electron chi connectivity index (χ4n) is 15.2. The molecule has 8 heterocycles. The summed E-state index contributed by atoms with van der Waals surface area (Å²) < 4.78 is 188. The van der Waals surface area contributed by atoms with Gasteiger partial charge in [0.15, 0.2) is 30.2 Å². The molecule has 28 nitrogen and oxygen atoms in total. The number of para-hydroxylation sites is 4. The molecule has 0 radical (unpaired) electrons. The molecule has 0 spiro atoms. The first-order valence-corrected chi connectivity index (χ1v) is 44.9. The zero-order valence-corrected chi connectivity index (χ0v) is 81.4. The molecule has 8 aromatic heterocycles. The van der Waals surface area contributed by atoms with Crippen LogP contribution in [-0.4, -0.2) is 128 Å². The smallest absolute Gasteiger partial charge is 0.254 e. The van der Waals surface area contributed by atoms with Crippen LogP contribution in [0, 0.1) is 64.8 Å². The van der Waals surface area contributed by atoms with E-state index in [1.54, 1.807) is 81.4 Å². The second-order valence-electron chi connectivity index (χ2n) is 32.4. The highest BCUT2D eigenvalue weighted by atomic mass is 35.5. The highest BCUT2D eigenvalue weighted by Gasteiger charge is 2.29. The minimum Gasteiger partial charge on any atom is -0.487 e. The third-order valence-electron chi connectivity index (χ3n) is 21.9. The summed E-state index contributed by atoms with van der Waals surface area (Å²) in [6.07, 6.45) is -3.64. The zero-order valence-electron chi connectivity index (χ0n) is 82.3. The topological polar surface area (TPSA) is 328 Å². The van der Waals surface area contributed by atoms with Crippen molar-refractivity contribution >= 4 is 114 Å². The van der Waals surface area contributed by atoms with Crippen LogP contribution < -0.4 is 40.2 Å². The van der Waals surface area contributed by atoms with E-state index in [1.807, 2.05) is 90.1 Å². The standard InChI is InChI=1S/C25H23ClF3N5O2.3C25H24ClF2N5O2/c1-13-7-21(34-15(3)30-12-31-34)17-5-4-6-22(25(17)32-13)36-11-19-18(8-16(27)9-20(19)26)14(2)33-24(35)10-23(28)29;2*1-13-8-19(24-29-12-30-33(24)4)17-6-5-7-22(23(17)31-13)35-11-20-18(9-16(28)10-21(20)26)15(3)32-25(34)14(2)27;1-13-8-22(33-16(4)29-12-30-33)18-6-5-7-23(24(18)31-13)35-11-20-19(9-17(28)10-21(20)26)15(3)32-25(34)14(2)27/h4-9,12,14,23H,10-11H2,1-3H3,(H,33,35);3*5-10,12,14-15H,11H2,1-4H3,(H,32,34)/t14-;14-,15+;2*14-,15-/m0100/s1/i14D;3*15D. The lowest BCUT2D eigenvalue weighted by molar-refractivity contribution is -0.126. The number of aromatic nitrogens is 16. The van der Waals surface area contributed by atoms with Crippen molar-refractivity contribution in [1.29, 1.82) is 0 Å². The molecule has 141 heavy (non-hydrogen) atoms. The number of carbonyl (C=O) groups is 4. The lowest BCUT2D eigenvalue weighted by Crippen LogP contribution is -2.33. The maximum atomic E-state index is 14.2. The summed E-state index contributed by atoms with van der Waals surface area (Å²) in [5, 5.41) is 29.0. The van der Waals surface area contributed by atoms with Crippen molar-refractivity contribution in [1.82, 2.24) is 100 Å². The predicted molar refractivity (Wildman–Crippen MR) is 517 cm³/mol. The third kappa shape index (κ3) is 24.9. The molecule has 0 bridgehead atoms. The number of alkyl halides is 5. The van der Waals surface area contributed by atoms with Crippen LogP contribution in [0.15, 0.2) is 171 Å². The molecule has 0 aliphatic carbocycles. The monoisotopic (exact) mass is 2020 g/mol. The Morgan fingerprint density at radius 1 is 0.369 bits per heavy atom. The molecule has 0 aliphatic rings. The summed E-state index contributed by atoms with van der Waals surface area (Å²) in [5.41, 5.74) is 9.49. The van der Waals surface area contributed by atoms with Gasteiger partial charge in [0.2, 0.25) is 12.3 Å². The molecule has 7 atom stereocenters. The number of halogens is 13. The number of ether oxygens (including phenoxy) is 4. The summed E-state index contributed by atoms with van der Waals surface area (Å²) in [7, 11) is 3.59. The highest BCUT2D eigenvalue weighted by molar-refractivity contribution is 6.32. The molecule has 0 fully saturated rings. The quantitative estimate of drug-likeness (QED) is 0.0316. The van der Waals surface area contributed by atoms with E-state index >= 15 is 0 Å². The number of pyridine rings is 4. The summed E-state index contributed by atoms with van der Waals surface area (Å²) >= 11 is 25.3. The average Bonchev–Trinajstić information content (AvgIpc) is 1.43. The van der Waals surface area contributed by atoms with E-state index in [9.17, 15) is 58.7 Å². The van der Waals surface area contributed by atoms with Crippen LogP contribution in [0.1, 0.15) is 163 Å². The Morgan fingerprint density at radius 3 is 0.901 bits per heavy atom. The molecule has 8 aromatic carbocycles. The third-order valence-corrected chi connectivity index (χ3v) is 23.3. The van der Waals surface area contributed by atoms with E-state index in [4.69, 9.17) is 70.8 Å². The Balaban J connectivity index is 0.000000162. The number of amides is 4. The Labute approximate surface area is 828 Å². The molecular weight excluding hydrogens is 1920 g/mol. The van der Waals surface area contributed by atoms with Gasteiger partial charge in [-0.05, 0) is 209 Å². The van der Waals surface area contributed by atoms with Gasteiger partial charge in [0, 0.05) is 91.8 Å². The van der Waals surface area contributed by atoms with Crippen molar-refractivity contribution in [3.8, 4) is 57.1 Å². The number of fused-ring (bicyclic) bond motifs is 4. The Kier molecular flexibility index (Phi) is 31.8. The molecule has 0 aliphatic heterocycles. The van der Waals surface area contributed by atoms with Crippen molar-refractivity contribution in [2.24, 2.45) is 14.1 Å². The van der Waals surface area contributed by atoms with E-state index in [0.717, 1.165) is 130 Å².